The Hall–Kier alpha value is -0.800. The van der Waals surface area contributed by atoms with Crippen LogP contribution in [0.5, 0.6) is 0 Å². The van der Waals surface area contributed by atoms with Crippen molar-refractivity contribution in [3.8, 4) is 0 Å². The molecule has 0 unspecified atom stereocenters. The molecule has 2 heterocycles. The van der Waals surface area contributed by atoms with Gasteiger partial charge in [0.2, 0.25) is 0 Å². The standard InChI is InChI=1S/C11H17NO2/c1-9-4-5-11(14-9)8-12-7-10-3-2-6-13-10/h4-5,10,12H,2-3,6-8H2,1H3/p+1/t10-/m1/s1. The number of nitrogens with two attached hydrogens (primary N) is 1. The second-order valence-corrected chi connectivity index (χ2v) is 3.88. The minimum absolute atomic E-state index is 0.464. The molecule has 78 valence electrons. The molecule has 1 fully saturated rings. The summed E-state index contributed by atoms with van der Waals surface area (Å²) in [6.07, 6.45) is 2.90. The van der Waals surface area contributed by atoms with Crippen LogP contribution in [0.25, 0.3) is 0 Å². The van der Waals surface area contributed by atoms with Gasteiger partial charge in [0, 0.05) is 6.61 Å². The zero-order valence-electron chi connectivity index (χ0n) is 8.66. The Bertz CT molecular complexity index is 277. The molecule has 0 spiro atoms. The fourth-order valence-corrected chi connectivity index (χ4v) is 1.84. The first kappa shape index (κ1) is 9.74. The molecule has 2 rings (SSSR count). The van der Waals surface area contributed by atoms with Gasteiger partial charge in [-0.15, -0.1) is 0 Å². The van der Waals surface area contributed by atoms with Gasteiger partial charge >= 0.3 is 0 Å². The van der Waals surface area contributed by atoms with Crippen LogP contribution in [0, 0.1) is 6.92 Å². The molecule has 1 atom stereocenters. The Balaban J connectivity index is 1.67. The van der Waals surface area contributed by atoms with Gasteiger partial charge in [-0.3, -0.25) is 0 Å². The van der Waals surface area contributed by atoms with E-state index in [9.17, 15) is 0 Å². The van der Waals surface area contributed by atoms with Crippen LogP contribution in [0.3, 0.4) is 0 Å². The lowest BCUT2D eigenvalue weighted by molar-refractivity contribution is -0.677. The first-order chi connectivity index (χ1) is 6.84. The van der Waals surface area contributed by atoms with Crippen molar-refractivity contribution in [3.05, 3.63) is 23.7 Å². The molecule has 1 aliphatic heterocycles. The van der Waals surface area contributed by atoms with E-state index in [0.29, 0.717) is 6.10 Å². The van der Waals surface area contributed by atoms with E-state index in [-0.39, 0.29) is 0 Å². The Morgan fingerprint density at radius 2 is 2.43 bits per heavy atom. The van der Waals surface area contributed by atoms with Gasteiger partial charge in [0.15, 0.2) is 5.76 Å². The molecule has 0 aliphatic carbocycles. The van der Waals surface area contributed by atoms with Crippen molar-refractivity contribution in [3.63, 3.8) is 0 Å². The normalized spacial score (nSPS) is 21.6. The number of rotatable bonds is 4. The summed E-state index contributed by atoms with van der Waals surface area (Å²) in [6.45, 7) is 4.90. The molecule has 0 aromatic carbocycles. The van der Waals surface area contributed by atoms with Crippen LogP contribution in [-0.2, 0) is 11.3 Å². The average Bonchev–Trinajstić information content (AvgIpc) is 2.77. The maximum atomic E-state index is 5.53. The largest absolute Gasteiger partial charge is 0.460 e. The number of aryl methyl sites for hydroxylation is 1. The summed E-state index contributed by atoms with van der Waals surface area (Å²) in [5.41, 5.74) is 0. The van der Waals surface area contributed by atoms with Crippen molar-refractivity contribution < 1.29 is 14.5 Å². The molecule has 3 nitrogen and oxygen atoms in total. The van der Waals surface area contributed by atoms with E-state index in [4.69, 9.17) is 9.15 Å². The summed E-state index contributed by atoms with van der Waals surface area (Å²) < 4.78 is 11.0. The molecule has 0 bridgehead atoms. The van der Waals surface area contributed by atoms with E-state index in [1.807, 2.05) is 19.1 Å². The van der Waals surface area contributed by atoms with Crippen molar-refractivity contribution in [2.24, 2.45) is 0 Å². The predicted octanol–water partition coefficient (Wildman–Crippen LogP) is 0.830. The lowest BCUT2D eigenvalue weighted by Crippen LogP contribution is -2.84. The highest BCUT2D eigenvalue weighted by Gasteiger charge is 2.16. The minimum atomic E-state index is 0.464. The third kappa shape index (κ3) is 2.59. The van der Waals surface area contributed by atoms with E-state index < -0.39 is 0 Å². The Morgan fingerprint density at radius 1 is 1.50 bits per heavy atom. The van der Waals surface area contributed by atoms with Gasteiger partial charge in [0.1, 0.15) is 25.0 Å². The Morgan fingerprint density at radius 3 is 3.07 bits per heavy atom. The summed E-state index contributed by atoms with van der Waals surface area (Å²) in [5.74, 6) is 2.05. The highest BCUT2D eigenvalue weighted by molar-refractivity contribution is 5.03. The minimum Gasteiger partial charge on any atom is -0.460 e. The van der Waals surface area contributed by atoms with Gasteiger partial charge in [-0.05, 0) is 31.9 Å². The highest BCUT2D eigenvalue weighted by Crippen LogP contribution is 2.09. The lowest BCUT2D eigenvalue weighted by atomic mass is 10.2. The third-order valence-corrected chi connectivity index (χ3v) is 2.60. The Kier molecular flexibility index (Phi) is 3.22. The summed E-state index contributed by atoms with van der Waals surface area (Å²) in [6, 6.07) is 4.05. The van der Waals surface area contributed by atoms with Crippen LogP contribution < -0.4 is 5.32 Å². The van der Waals surface area contributed by atoms with E-state index in [1.54, 1.807) is 0 Å². The van der Waals surface area contributed by atoms with Crippen LogP contribution in [0.4, 0.5) is 0 Å². The topological polar surface area (TPSA) is 39.0 Å². The van der Waals surface area contributed by atoms with Gasteiger partial charge < -0.3 is 14.5 Å². The third-order valence-electron chi connectivity index (χ3n) is 2.60. The van der Waals surface area contributed by atoms with Crippen molar-refractivity contribution in [1.82, 2.24) is 0 Å². The molecule has 2 N–H and O–H groups in total. The quantitative estimate of drug-likeness (QED) is 0.774. The van der Waals surface area contributed by atoms with Crippen LogP contribution in [0.15, 0.2) is 16.5 Å². The molecule has 3 heteroatoms. The van der Waals surface area contributed by atoms with Gasteiger partial charge in [-0.1, -0.05) is 0 Å². The molecule has 14 heavy (non-hydrogen) atoms. The van der Waals surface area contributed by atoms with Gasteiger partial charge in [0.05, 0.1) is 0 Å². The second kappa shape index (κ2) is 4.62. The van der Waals surface area contributed by atoms with Crippen molar-refractivity contribution in [2.45, 2.75) is 32.4 Å². The van der Waals surface area contributed by atoms with Gasteiger partial charge in [0.25, 0.3) is 0 Å². The van der Waals surface area contributed by atoms with Crippen LogP contribution in [-0.4, -0.2) is 19.3 Å². The molecule has 1 saturated heterocycles. The fourth-order valence-electron chi connectivity index (χ4n) is 1.84. The van der Waals surface area contributed by atoms with Crippen molar-refractivity contribution >= 4 is 0 Å². The summed E-state index contributed by atoms with van der Waals surface area (Å²) in [4.78, 5) is 0. The highest BCUT2D eigenvalue weighted by atomic mass is 16.5. The smallest absolute Gasteiger partial charge is 0.158 e. The van der Waals surface area contributed by atoms with E-state index in [1.165, 1.54) is 12.8 Å². The molecule has 0 amide bonds. The molecule has 1 aromatic heterocycles. The van der Waals surface area contributed by atoms with Gasteiger partial charge in [-0.2, -0.15) is 0 Å². The maximum Gasteiger partial charge on any atom is 0.158 e. The van der Waals surface area contributed by atoms with E-state index in [0.717, 1.165) is 31.2 Å². The molecule has 0 radical (unpaired) electrons. The number of ether oxygens (including phenoxy) is 1. The average molecular weight is 196 g/mol. The summed E-state index contributed by atoms with van der Waals surface area (Å²) in [7, 11) is 0. The predicted molar refractivity (Wildman–Crippen MR) is 52.9 cm³/mol. The maximum absolute atomic E-state index is 5.53. The Labute approximate surface area is 84.4 Å². The molecular weight excluding hydrogens is 178 g/mol. The SMILES string of the molecule is Cc1ccc(C[NH2+]C[C@H]2CCCO2)o1. The summed E-state index contributed by atoms with van der Waals surface area (Å²) >= 11 is 0. The number of furan rings is 1. The number of quaternary nitrogens is 1. The second-order valence-electron chi connectivity index (χ2n) is 3.88. The molecular formula is C11H18NO2+. The molecule has 1 aliphatic rings. The van der Waals surface area contributed by atoms with Crippen molar-refractivity contribution in [1.29, 1.82) is 0 Å². The lowest BCUT2D eigenvalue weighted by Gasteiger charge is -2.06. The summed E-state index contributed by atoms with van der Waals surface area (Å²) in [5, 5.41) is 2.26. The van der Waals surface area contributed by atoms with E-state index in [2.05, 4.69) is 5.32 Å². The van der Waals surface area contributed by atoms with E-state index >= 15 is 0 Å². The monoisotopic (exact) mass is 196 g/mol. The number of hydrogen-bond acceptors (Lipinski definition) is 2. The van der Waals surface area contributed by atoms with Crippen LogP contribution >= 0.6 is 0 Å². The van der Waals surface area contributed by atoms with Crippen LogP contribution in [0.1, 0.15) is 24.4 Å². The zero-order chi connectivity index (χ0) is 9.80. The number of hydrogen-bond donors (Lipinski definition) is 1. The van der Waals surface area contributed by atoms with Crippen molar-refractivity contribution in [2.75, 3.05) is 13.2 Å². The first-order valence-electron chi connectivity index (χ1n) is 5.33. The molecule has 0 saturated carbocycles. The fraction of sp³-hybridized carbons (Fsp3) is 0.636. The van der Waals surface area contributed by atoms with Crippen LogP contribution in [0.2, 0.25) is 0 Å². The van der Waals surface area contributed by atoms with Gasteiger partial charge in [-0.25, -0.2) is 0 Å². The first-order valence-corrected chi connectivity index (χ1v) is 5.33. The molecule has 1 aromatic rings. The zero-order valence-corrected chi connectivity index (χ0v) is 8.66.